The van der Waals surface area contributed by atoms with Crippen LogP contribution < -0.4 is 5.32 Å². The first kappa shape index (κ1) is 19.2. The number of hydrogen-bond donors (Lipinski definition) is 1. The van der Waals surface area contributed by atoms with E-state index in [9.17, 15) is 18.0 Å². The summed E-state index contributed by atoms with van der Waals surface area (Å²) in [6.45, 7) is 3.20. The third-order valence-electron chi connectivity index (χ3n) is 5.46. The maximum absolute atomic E-state index is 13.7. The molecule has 0 aromatic carbocycles. The Labute approximate surface area is 164 Å². The van der Waals surface area contributed by atoms with E-state index in [0.717, 1.165) is 17.5 Å². The lowest BCUT2D eigenvalue weighted by atomic mass is 9.99. The van der Waals surface area contributed by atoms with Gasteiger partial charge in [0.25, 0.3) is 5.91 Å². The minimum atomic E-state index is -4.54. The first-order chi connectivity index (χ1) is 13.3. The molecule has 2 atom stereocenters. The molecule has 6 nitrogen and oxygen atoms in total. The SMILES string of the molecule is CC1CCN(C(=O)c2nn3c(c2Cl)N[C@@H](c2ccco2)C[C@@H]3C(F)(F)F)CC1. The number of halogens is 4. The van der Waals surface area contributed by atoms with E-state index in [2.05, 4.69) is 17.3 Å². The van der Waals surface area contributed by atoms with Crippen LogP contribution in [0.25, 0.3) is 0 Å². The first-order valence-electron chi connectivity index (χ1n) is 9.19. The number of fused-ring (bicyclic) bond motifs is 1. The van der Waals surface area contributed by atoms with Gasteiger partial charge in [0.05, 0.1) is 12.3 Å². The summed E-state index contributed by atoms with van der Waals surface area (Å²) in [5.41, 5.74) is -0.145. The van der Waals surface area contributed by atoms with Crippen molar-refractivity contribution in [1.29, 1.82) is 0 Å². The Kier molecular flexibility index (Phi) is 4.81. The summed E-state index contributed by atoms with van der Waals surface area (Å²) >= 11 is 6.34. The number of carbonyl (C=O) groups excluding carboxylic acids is 1. The van der Waals surface area contributed by atoms with Crippen molar-refractivity contribution in [2.75, 3.05) is 18.4 Å². The topological polar surface area (TPSA) is 63.3 Å². The van der Waals surface area contributed by atoms with Crippen LogP contribution in [0.1, 0.15) is 54.5 Å². The predicted octanol–water partition coefficient (Wildman–Crippen LogP) is 4.66. The first-order valence-corrected chi connectivity index (χ1v) is 9.57. The van der Waals surface area contributed by atoms with E-state index < -0.39 is 24.2 Å². The lowest BCUT2D eigenvalue weighted by Crippen LogP contribution is -2.38. The fourth-order valence-corrected chi connectivity index (χ4v) is 4.02. The Balaban J connectivity index is 1.69. The van der Waals surface area contributed by atoms with Gasteiger partial charge in [0, 0.05) is 19.5 Å². The molecular formula is C18H20ClF3N4O2. The van der Waals surface area contributed by atoms with Crippen LogP contribution in [0.3, 0.4) is 0 Å². The van der Waals surface area contributed by atoms with Gasteiger partial charge in [-0.15, -0.1) is 0 Å². The van der Waals surface area contributed by atoms with Gasteiger partial charge in [0.1, 0.15) is 16.6 Å². The van der Waals surface area contributed by atoms with Gasteiger partial charge >= 0.3 is 6.18 Å². The highest BCUT2D eigenvalue weighted by Crippen LogP contribution is 2.46. The Bertz CT molecular complexity index is 857. The molecule has 0 saturated carbocycles. The molecule has 1 fully saturated rings. The van der Waals surface area contributed by atoms with E-state index in [0.29, 0.717) is 24.8 Å². The molecule has 2 aliphatic heterocycles. The Morgan fingerprint density at radius 2 is 2.07 bits per heavy atom. The van der Waals surface area contributed by atoms with E-state index in [-0.39, 0.29) is 23.0 Å². The number of anilines is 1. The number of nitrogens with one attached hydrogen (secondary N) is 1. The highest BCUT2D eigenvalue weighted by molar-refractivity contribution is 6.36. The van der Waals surface area contributed by atoms with Crippen LogP contribution in [0.5, 0.6) is 0 Å². The lowest BCUT2D eigenvalue weighted by Gasteiger charge is -2.32. The quantitative estimate of drug-likeness (QED) is 0.773. The van der Waals surface area contributed by atoms with E-state index in [4.69, 9.17) is 16.0 Å². The highest BCUT2D eigenvalue weighted by Gasteiger charge is 2.48. The molecular weight excluding hydrogens is 397 g/mol. The number of rotatable bonds is 2. The monoisotopic (exact) mass is 416 g/mol. The van der Waals surface area contributed by atoms with Gasteiger partial charge in [-0.2, -0.15) is 18.3 Å². The van der Waals surface area contributed by atoms with Gasteiger partial charge in [-0.1, -0.05) is 18.5 Å². The molecule has 2 aromatic heterocycles. The van der Waals surface area contributed by atoms with Crippen molar-refractivity contribution in [1.82, 2.24) is 14.7 Å². The molecule has 1 amide bonds. The summed E-state index contributed by atoms with van der Waals surface area (Å²) in [4.78, 5) is 14.5. The van der Waals surface area contributed by atoms with Crippen LogP contribution in [-0.2, 0) is 0 Å². The molecule has 4 rings (SSSR count). The number of likely N-dealkylation sites (tertiary alicyclic amines) is 1. The molecule has 4 heterocycles. The molecule has 28 heavy (non-hydrogen) atoms. The summed E-state index contributed by atoms with van der Waals surface area (Å²) in [5.74, 6) is 0.442. The smallest absolute Gasteiger partial charge is 0.410 e. The average Bonchev–Trinajstić information content (AvgIpc) is 3.29. The van der Waals surface area contributed by atoms with Gasteiger partial charge in [0.2, 0.25) is 0 Å². The zero-order valence-corrected chi connectivity index (χ0v) is 15.9. The molecule has 2 aromatic rings. The van der Waals surface area contributed by atoms with Crippen LogP contribution in [0, 0.1) is 5.92 Å². The van der Waals surface area contributed by atoms with E-state index in [1.54, 1.807) is 17.0 Å². The number of furan rings is 1. The molecule has 0 unspecified atom stereocenters. The summed E-state index contributed by atoms with van der Waals surface area (Å²) in [6.07, 6.45) is -1.75. The molecule has 0 bridgehead atoms. The zero-order valence-electron chi connectivity index (χ0n) is 15.2. The standard InChI is InChI=1S/C18H20ClF3N4O2/c1-10-4-6-25(7-5-10)17(27)15-14(19)16-23-11(12-3-2-8-28-12)9-13(18(20,21)22)26(16)24-15/h2-3,8,10-11,13,23H,4-7,9H2,1H3/t11-,13-/m1/s1. The maximum atomic E-state index is 13.7. The van der Waals surface area contributed by atoms with Gasteiger partial charge in [0.15, 0.2) is 11.7 Å². The minimum absolute atomic E-state index is 0.00892. The maximum Gasteiger partial charge on any atom is 0.410 e. The van der Waals surface area contributed by atoms with Gasteiger partial charge in [-0.3, -0.25) is 4.79 Å². The average molecular weight is 417 g/mol. The van der Waals surface area contributed by atoms with Crippen molar-refractivity contribution in [2.24, 2.45) is 5.92 Å². The third kappa shape index (κ3) is 3.36. The molecule has 0 radical (unpaired) electrons. The highest BCUT2D eigenvalue weighted by atomic mass is 35.5. The second-order valence-electron chi connectivity index (χ2n) is 7.44. The van der Waals surface area contributed by atoms with Crippen molar-refractivity contribution in [3.8, 4) is 0 Å². The fraction of sp³-hybridized carbons (Fsp3) is 0.556. The van der Waals surface area contributed by atoms with Crippen LogP contribution in [0.2, 0.25) is 5.02 Å². The number of piperidine rings is 1. The van der Waals surface area contributed by atoms with Crippen molar-refractivity contribution in [3.63, 3.8) is 0 Å². The van der Waals surface area contributed by atoms with Crippen LogP contribution in [0.4, 0.5) is 19.0 Å². The van der Waals surface area contributed by atoms with Crippen molar-refractivity contribution in [3.05, 3.63) is 34.9 Å². The predicted molar refractivity (Wildman–Crippen MR) is 96.3 cm³/mol. The summed E-state index contributed by atoms with van der Waals surface area (Å²) < 4.78 is 47.2. The molecule has 152 valence electrons. The second-order valence-corrected chi connectivity index (χ2v) is 7.81. The molecule has 1 N–H and O–H groups in total. The summed E-state index contributed by atoms with van der Waals surface area (Å²) in [5, 5.41) is 6.86. The number of carbonyl (C=O) groups is 1. The Morgan fingerprint density at radius 3 is 2.68 bits per heavy atom. The number of alkyl halides is 3. The van der Waals surface area contributed by atoms with Crippen LogP contribution in [-0.4, -0.2) is 39.9 Å². The third-order valence-corrected chi connectivity index (χ3v) is 5.81. The van der Waals surface area contributed by atoms with E-state index in [1.165, 1.54) is 6.26 Å². The number of aromatic nitrogens is 2. The largest absolute Gasteiger partial charge is 0.467 e. The molecule has 1 saturated heterocycles. The van der Waals surface area contributed by atoms with Gasteiger partial charge in [-0.05, 0) is 30.9 Å². The molecule has 10 heteroatoms. The summed E-state index contributed by atoms with van der Waals surface area (Å²) in [7, 11) is 0. The zero-order chi connectivity index (χ0) is 20.1. The van der Waals surface area contributed by atoms with Crippen molar-refractivity contribution >= 4 is 23.3 Å². The Morgan fingerprint density at radius 1 is 1.36 bits per heavy atom. The van der Waals surface area contributed by atoms with Crippen molar-refractivity contribution in [2.45, 2.75) is 44.4 Å². The van der Waals surface area contributed by atoms with Crippen molar-refractivity contribution < 1.29 is 22.4 Å². The number of hydrogen-bond acceptors (Lipinski definition) is 4. The molecule has 0 spiro atoms. The number of nitrogens with zero attached hydrogens (tertiary/aromatic N) is 3. The number of amides is 1. The minimum Gasteiger partial charge on any atom is -0.467 e. The fourth-order valence-electron chi connectivity index (χ4n) is 3.76. The normalized spacial score (nSPS) is 23.4. The van der Waals surface area contributed by atoms with E-state index in [1.807, 2.05) is 0 Å². The molecule has 2 aliphatic rings. The molecule has 0 aliphatic carbocycles. The summed E-state index contributed by atoms with van der Waals surface area (Å²) in [6, 6.07) is 0.590. The van der Waals surface area contributed by atoms with Gasteiger partial charge < -0.3 is 14.6 Å². The Hall–Kier alpha value is -2.16. The van der Waals surface area contributed by atoms with E-state index >= 15 is 0 Å². The van der Waals surface area contributed by atoms with Crippen LogP contribution in [0.15, 0.2) is 22.8 Å². The lowest BCUT2D eigenvalue weighted by molar-refractivity contribution is -0.174. The van der Waals surface area contributed by atoms with Gasteiger partial charge in [-0.25, -0.2) is 4.68 Å². The second kappa shape index (κ2) is 7.02. The van der Waals surface area contributed by atoms with Crippen LogP contribution >= 0.6 is 11.6 Å².